The highest BCUT2D eigenvalue weighted by atomic mass is 16.6. The van der Waals surface area contributed by atoms with Gasteiger partial charge in [0.1, 0.15) is 5.76 Å². The molecule has 1 aromatic carbocycles. The van der Waals surface area contributed by atoms with Crippen LogP contribution >= 0.6 is 0 Å². The van der Waals surface area contributed by atoms with Gasteiger partial charge in [-0.2, -0.15) is 0 Å². The Bertz CT molecular complexity index is 552. The second-order valence-electron chi connectivity index (χ2n) is 3.99. The van der Waals surface area contributed by atoms with E-state index in [9.17, 15) is 10.1 Å². The minimum absolute atomic E-state index is 0.0559. The van der Waals surface area contributed by atoms with Crippen molar-refractivity contribution in [1.82, 2.24) is 0 Å². The van der Waals surface area contributed by atoms with Crippen molar-refractivity contribution < 1.29 is 9.34 Å². The maximum Gasteiger partial charge on any atom is 0.273 e. The molecule has 100 valence electrons. The zero-order valence-corrected chi connectivity index (χ0v) is 10.6. The lowest BCUT2D eigenvalue weighted by Crippen LogP contribution is -2.02. The van der Waals surface area contributed by atoms with Crippen LogP contribution in [0.2, 0.25) is 0 Å². The van der Waals surface area contributed by atoms with E-state index in [1.807, 2.05) is 19.1 Å². The van der Waals surface area contributed by atoms with E-state index >= 15 is 0 Å². The van der Waals surface area contributed by atoms with Crippen LogP contribution < -0.4 is 10.6 Å². The third-order valence-electron chi connectivity index (χ3n) is 2.56. The molecule has 6 heteroatoms. The Hall–Kier alpha value is -2.50. The number of nitro benzene ring substituents is 1. The van der Waals surface area contributed by atoms with Crippen molar-refractivity contribution in [3.05, 3.63) is 52.5 Å². The van der Waals surface area contributed by atoms with E-state index in [0.717, 1.165) is 11.4 Å². The van der Waals surface area contributed by atoms with Crippen LogP contribution in [0.5, 0.6) is 0 Å². The lowest BCUT2D eigenvalue weighted by molar-refractivity contribution is -0.384. The summed E-state index contributed by atoms with van der Waals surface area (Å²) in [6, 6.07) is 8.49. The van der Waals surface area contributed by atoms with Crippen LogP contribution in [0.4, 0.5) is 17.1 Å². The molecule has 19 heavy (non-hydrogen) atoms. The molecule has 0 atom stereocenters. The van der Waals surface area contributed by atoms with Crippen LogP contribution in [0.25, 0.3) is 0 Å². The number of nitrogens with zero attached hydrogens (tertiary/aromatic N) is 1. The van der Waals surface area contributed by atoms with E-state index in [1.165, 1.54) is 12.1 Å². The van der Waals surface area contributed by atoms with E-state index in [0.29, 0.717) is 18.8 Å². The third-order valence-corrected chi connectivity index (χ3v) is 2.56. The molecular formula is C13H15N3O3. The van der Waals surface area contributed by atoms with Crippen molar-refractivity contribution in [1.29, 1.82) is 0 Å². The van der Waals surface area contributed by atoms with Crippen LogP contribution in [0.3, 0.4) is 0 Å². The molecule has 0 fully saturated rings. The van der Waals surface area contributed by atoms with E-state index in [-0.39, 0.29) is 5.69 Å². The molecule has 0 aliphatic heterocycles. The van der Waals surface area contributed by atoms with Crippen LogP contribution in [0.15, 0.2) is 41.0 Å². The molecular weight excluding hydrogens is 246 g/mol. The molecule has 0 unspecified atom stereocenters. The Kier molecular flexibility index (Phi) is 4.02. The number of benzene rings is 1. The zero-order valence-electron chi connectivity index (χ0n) is 10.6. The van der Waals surface area contributed by atoms with Gasteiger partial charge in [0.2, 0.25) is 0 Å². The van der Waals surface area contributed by atoms with E-state index < -0.39 is 4.92 Å². The smallest absolute Gasteiger partial charge is 0.273 e. The molecule has 2 aromatic rings. The molecule has 0 saturated heterocycles. The number of hydrogen-bond donors (Lipinski definition) is 2. The normalized spacial score (nSPS) is 10.2. The fraction of sp³-hybridized carbons (Fsp3) is 0.231. The molecule has 6 nitrogen and oxygen atoms in total. The van der Waals surface area contributed by atoms with Crippen molar-refractivity contribution in [2.75, 3.05) is 17.2 Å². The number of hydrogen-bond acceptors (Lipinski definition) is 5. The van der Waals surface area contributed by atoms with Crippen LogP contribution in [0.1, 0.15) is 12.7 Å². The van der Waals surface area contributed by atoms with Gasteiger partial charge in [-0.1, -0.05) is 0 Å². The topological polar surface area (TPSA) is 80.3 Å². The van der Waals surface area contributed by atoms with Gasteiger partial charge in [0.25, 0.3) is 5.69 Å². The van der Waals surface area contributed by atoms with Crippen LogP contribution in [-0.4, -0.2) is 11.5 Å². The molecule has 0 aliphatic rings. The summed E-state index contributed by atoms with van der Waals surface area (Å²) in [6.45, 7) is 3.13. The number of nitro groups is 1. The monoisotopic (exact) mass is 261 g/mol. The first-order valence-corrected chi connectivity index (χ1v) is 5.98. The molecule has 0 bridgehead atoms. The van der Waals surface area contributed by atoms with Gasteiger partial charge in [-0.05, 0) is 25.1 Å². The molecule has 0 amide bonds. The van der Waals surface area contributed by atoms with Crippen molar-refractivity contribution in [2.45, 2.75) is 13.5 Å². The Morgan fingerprint density at radius 3 is 2.58 bits per heavy atom. The van der Waals surface area contributed by atoms with Gasteiger partial charge < -0.3 is 15.1 Å². The lowest BCUT2D eigenvalue weighted by atomic mass is 10.2. The van der Waals surface area contributed by atoms with Gasteiger partial charge in [0, 0.05) is 30.1 Å². The minimum atomic E-state index is -0.404. The van der Waals surface area contributed by atoms with Gasteiger partial charge in [0.05, 0.1) is 17.7 Å². The molecule has 2 rings (SSSR count). The first kappa shape index (κ1) is 12.9. The maximum absolute atomic E-state index is 10.9. The first-order valence-electron chi connectivity index (χ1n) is 5.98. The highest BCUT2D eigenvalue weighted by Gasteiger charge is 2.09. The predicted molar refractivity (Wildman–Crippen MR) is 73.3 cm³/mol. The molecule has 0 saturated carbocycles. The van der Waals surface area contributed by atoms with E-state index in [4.69, 9.17) is 4.42 Å². The lowest BCUT2D eigenvalue weighted by Gasteiger charge is -2.08. The summed E-state index contributed by atoms with van der Waals surface area (Å²) in [5.74, 6) is 0.775. The maximum atomic E-state index is 10.9. The molecule has 0 radical (unpaired) electrons. The van der Waals surface area contributed by atoms with Gasteiger partial charge in [0.15, 0.2) is 0 Å². The fourth-order valence-electron chi connectivity index (χ4n) is 1.73. The summed E-state index contributed by atoms with van der Waals surface area (Å²) < 4.78 is 5.20. The number of furan rings is 1. The Labute approximate surface area is 110 Å². The minimum Gasteiger partial charge on any atom is -0.467 e. The summed E-state index contributed by atoms with van der Waals surface area (Å²) in [7, 11) is 0. The van der Waals surface area contributed by atoms with Gasteiger partial charge in [-0.15, -0.1) is 0 Å². The molecule has 1 aromatic heterocycles. The Balaban J connectivity index is 2.16. The highest BCUT2D eigenvalue weighted by molar-refractivity contribution is 5.63. The zero-order chi connectivity index (χ0) is 13.7. The van der Waals surface area contributed by atoms with Crippen molar-refractivity contribution in [3.63, 3.8) is 0 Å². The van der Waals surface area contributed by atoms with Gasteiger partial charge >= 0.3 is 0 Å². The van der Waals surface area contributed by atoms with Crippen LogP contribution in [-0.2, 0) is 6.54 Å². The summed E-state index contributed by atoms with van der Waals surface area (Å²) in [6.07, 6.45) is 1.59. The van der Waals surface area contributed by atoms with Gasteiger partial charge in [-0.25, -0.2) is 0 Å². The quantitative estimate of drug-likeness (QED) is 0.616. The summed E-state index contributed by atoms with van der Waals surface area (Å²) >= 11 is 0. The molecule has 0 aliphatic carbocycles. The SMILES string of the molecule is CCNc1cc(NCc2ccco2)cc([N+](=O)[O-])c1. The second kappa shape index (κ2) is 5.90. The number of nitrogens with one attached hydrogen (secondary N) is 2. The molecule has 2 N–H and O–H groups in total. The Morgan fingerprint density at radius 1 is 1.26 bits per heavy atom. The highest BCUT2D eigenvalue weighted by Crippen LogP contribution is 2.24. The summed E-state index contributed by atoms with van der Waals surface area (Å²) in [5.41, 5.74) is 1.46. The average molecular weight is 261 g/mol. The number of anilines is 2. The average Bonchev–Trinajstić information content (AvgIpc) is 2.89. The summed E-state index contributed by atoms with van der Waals surface area (Å²) in [4.78, 5) is 10.5. The van der Waals surface area contributed by atoms with E-state index in [2.05, 4.69) is 10.6 Å². The van der Waals surface area contributed by atoms with Crippen molar-refractivity contribution in [2.24, 2.45) is 0 Å². The Morgan fingerprint density at radius 2 is 2.00 bits per heavy atom. The number of rotatable bonds is 6. The number of non-ortho nitro benzene ring substituents is 1. The van der Waals surface area contributed by atoms with Crippen molar-refractivity contribution >= 4 is 17.1 Å². The second-order valence-corrected chi connectivity index (χ2v) is 3.99. The third kappa shape index (κ3) is 3.48. The van der Waals surface area contributed by atoms with Crippen LogP contribution in [0, 0.1) is 10.1 Å². The van der Waals surface area contributed by atoms with Crippen molar-refractivity contribution in [3.8, 4) is 0 Å². The standard InChI is InChI=1S/C13H15N3O3/c1-2-14-10-6-11(8-12(7-10)16(17)18)15-9-13-4-3-5-19-13/h3-8,14-15H,2,9H2,1H3. The molecule has 0 spiro atoms. The summed E-state index contributed by atoms with van der Waals surface area (Å²) in [5, 5.41) is 17.0. The van der Waals surface area contributed by atoms with Gasteiger partial charge in [-0.3, -0.25) is 10.1 Å². The van der Waals surface area contributed by atoms with E-state index in [1.54, 1.807) is 12.3 Å². The first-order chi connectivity index (χ1) is 9.19. The predicted octanol–water partition coefficient (Wildman–Crippen LogP) is 3.23. The fourth-order valence-corrected chi connectivity index (χ4v) is 1.73. The molecule has 1 heterocycles. The largest absolute Gasteiger partial charge is 0.467 e.